The summed E-state index contributed by atoms with van der Waals surface area (Å²) in [7, 11) is 0. The number of aryl methyl sites for hydroxylation is 1. The number of hydrogen-bond donors (Lipinski definition) is 1. The van der Waals surface area contributed by atoms with E-state index in [1.807, 2.05) is 32.0 Å². The van der Waals surface area contributed by atoms with Crippen molar-refractivity contribution < 1.29 is 9.90 Å². The average Bonchev–Trinajstić information content (AvgIpc) is 2.73. The molecular weight excluding hydrogens is 264 g/mol. The van der Waals surface area contributed by atoms with Crippen molar-refractivity contribution in [3.63, 3.8) is 0 Å². The normalized spacial score (nSPS) is 25.7. The van der Waals surface area contributed by atoms with Crippen molar-refractivity contribution in [3.8, 4) is 0 Å². The molecule has 1 aromatic carbocycles. The highest BCUT2D eigenvalue weighted by Crippen LogP contribution is 2.43. The first-order valence-electron chi connectivity index (χ1n) is 7.55. The summed E-state index contributed by atoms with van der Waals surface area (Å²) in [5.41, 5.74) is 3.10. The number of benzene rings is 1. The van der Waals surface area contributed by atoms with Crippen LogP contribution in [0.3, 0.4) is 0 Å². The van der Waals surface area contributed by atoms with Crippen LogP contribution in [0.1, 0.15) is 36.8 Å². The molecule has 2 unspecified atom stereocenters. The molecule has 0 spiro atoms. The summed E-state index contributed by atoms with van der Waals surface area (Å²) in [5, 5.41) is 18.5. The predicted octanol–water partition coefficient (Wildman–Crippen LogP) is 4.55. The smallest absolute Gasteiger partial charge is 0.190 e. The van der Waals surface area contributed by atoms with Crippen molar-refractivity contribution in [3.05, 3.63) is 40.8 Å². The number of carbonyl (C=O) groups is 1. The maximum Gasteiger partial charge on any atom is 0.190 e. The van der Waals surface area contributed by atoms with Crippen molar-refractivity contribution in [1.29, 1.82) is 0 Å². The quantitative estimate of drug-likeness (QED) is 0.810. The fourth-order valence-electron chi connectivity index (χ4n) is 3.30. The van der Waals surface area contributed by atoms with E-state index in [-0.39, 0.29) is 29.1 Å². The molecule has 1 aromatic rings. The number of azo groups is 1. The van der Waals surface area contributed by atoms with Crippen LogP contribution in [0.2, 0.25) is 0 Å². The molecule has 0 aromatic heterocycles. The molecule has 1 saturated carbocycles. The molecule has 0 heterocycles. The van der Waals surface area contributed by atoms with Gasteiger partial charge in [0.15, 0.2) is 11.5 Å². The Bertz CT molecular complexity index is 646. The van der Waals surface area contributed by atoms with Crippen molar-refractivity contribution in [2.75, 3.05) is 0 Å². The summed E-state index contributed by atoms with van der Waals surface area (Å²) in [6.07, 6.45) is 3.86. The highest BCUT2D eigenvalue weighted by molar-refractivity contribution is 6.00. The number of fused-ring (bicyclic) bond motifs is 1. The lowest BCUT2D eigenvalue weighted by Crippen LogP contribution is -2.21. The highest BCUT2D eigenvalue weighted by atomic mass is 16.3. The van der Waals surface area contributed by atoms with E-state index >= 15 is 0 Å². The number of Topliss-reactive ketones (excluding diaryl/α,β-unsaturated/α-hetero) is 1. The average molecular weight is 284 g/mol. The van der Waals surface area contributed by atoms with Gasteiger partial charge in [0.1, 0.15) is 5.76 Å². The molecule has 2 atom stereocenters. The third-order valence-electron chi connectivity index (χ3n) is 4.76. The molecule has 4 nitrogen and oxygen atoms in total. The maximum absolute atomic E-state index is 12.4. The third-order valence-corrected chi connectivity index (χ3v) is 4.76. The number of aliphatic hydroxyl groups excluding tert-OH is 1. The summed E-state index contributed by atoms with van der Waals surface area (Å²) in [4.78, 5) is 12.4. The topological polar surface area (TPSA) is 62.0 Å². The van der Waals surface area contributed by atoms with Gasteiger partial charge in [-0.25, -0.2) is 0 Å². The van der Waals surface area contributed by atoms with E-state index in [1.54, 1.807) is 0 Å². The Morgan fingerprint density at radius 3 is 2.52 bits per heavy atom. The molecule has 3 rings (SSSR count). The lowest BCUT2D eigenvalue weighted by molar-refractivity contribution is -0.120. The Labute approximate surface area is 124 Å². The van der Waals surface area contributed by atoms with Gasteiger partial charge in [-0.15, -0.1) is 5.11 Å². The largest absolute Gasteiger partial charge is 0.510 e. The molecule has 2 aliphatic rings. The van der Waals surface area contributed by atoms with E-state index in [4.69, 9.17) is 0 Å². The van der Waals surface area contributed by atoms with Gasteiger partial charge in [0, 0.05) is 11.8 Å². The van der Waals surface area contributed by atoms with E-state index in [0.717, 1.165) is 42.5 Å². The van der Waals surface area contributed by atoms with Crippen LogP contribution < -0.4 is 0 Å². The molecule has 21 heavy (non-hydrogen) atoms. The van der Waals surface area contributed by atoms with Gasteiger partial charge < -0.3 is 5.11 Å². The van der Waals surface area contributed by atoms with E-state index in [0.29, 0.717) is 0 Å². The third kappa shape index (κ3) is 2.39. The zero-order valence-corrected chi connectivity index (χ0v) is 12.5. The molecule has 0 radical (unpaired) electrons. The number of hydrogen-bond acceptors (Lipinski definition) is 4. The van der Waals surface area contributed by atoms with Gasteiger partial charge in [-0.1, -0.05) is 25.0 Å². The molecule has 110 valence electrons. The monoisotopic (exact) mass is 284 g/mol. The number of carbonyl (C=O) groups excluding carboxylic acids is 1. The molecular formula is C17H20N2O2. The first-order chi connectivity index (χ1) is 10.1. The van der Waals surface area contributed by atoms with Crippen molar-refractivity contribution >= 4 is 11.5 Å². The van der Waals surface area contributed by atoms with Gasteiger partial charge in [-0.2, -0.15) is 5.11 Å². The summed E-state index contributed by atoms with van der Waals surface area (Å²) in [5.74, 6) is 0.00938. The van der Waals surface area contributed by atoms with E-state index in [9.17, 15) is 9.90 Å². The number of rotatable bonds is 2. The van der Waals surface area contributed by atoms with Crippen LogP contribution in [0.25, 0.3) is 0 Å². The molecule has 0 amide bonds. The van der Waals surface area contributed by atoms with E-state index in [1.165, 1.54) is 0 Å². The second-order valence-corrected chi connectivity index (χ2v) is 6.01. The maximum atomic E-state index is 12.4. The van der Waals surface area contributed by atoms with Crippen LogP contribution in [-0.4, -0.2) is 10.9 Å². The van der Waals surface area contributed by atoms with Gasteiger partial charge in [0.05, 0.1) is 5.69 Å². The van der Waals surface area contributed by atoms with Crippen LogP contribution in [0.4, 0.5) is 5.69 Å². The van der Waals surface area contributed by atoms with Crippen LogP contribution >= 0.6 is 0 Å². The Balaban J connectivity index is 1.90. The number of aliphatic hydroxyl groups is 1. The van der Waals surface area contributed by atoms with Crippen molar-refractivity contribution in [1.82, 2.24) is 0 Å². The number of ketones is 1. The van der Waals surface area contributed by atoms with Gasteiger partial charge in [0.2, 0.25) is 0 Å². The number of allylic oxidation sites excluding steroid dienone is 2. The summed E-state index contributed by atoms with van der Waals surface area (Å²) in [6, 6.07) is 5.80. The molecule has 0 aliphatic heterocycles. The minimum atomic E-state index is -0.0775. The summed E-state index contributed by atoms with van der Waals surface area (Å²) in [6.45, 7) is 3.99. The molecule has 0 bridgehead atoms. The van der Waals surface area contributed by atoms with Gasteiger partial charge in [0.25, 0.3) is 0 Å². The van der Waals surface area contributed by atoms with Gasteiger partial charge in [-0.05, 0) is 43.9 Å². The van der Waals surface area contributed by atoms with Crippen LogP contribution in [0.5, 0.6) is 0 Å². The van der Waals surface area contributed by atoms with E-state index in [2.05, 4.69) is 10.2 Å². The Morgan fingerprint density at radius 1 is 1.10 bits per heavy atom. The Hall–Kier alpha value is -1.97. The minimum absolute atomic E-state index is 0.0289. The zero-order valence-electron chi connectivity index (χ0n) is 12.5. The molecule has 1 N–H and O–H groups in total. The van der Waals surface area contributed by atoms with Crippen molar-refractivity contribution in [2.24, 2.45) is 22.1 Å². The second kappa shape index (κ2) is 5.43. The lowest BCUT2D eigenvalue weighted by Gasteiger charge is -2.23. The van der Waals surface area contributed by atoms with Crippen LogP contribution in [-0.2, 0) is 4.79 Å². The molecule has 2 aliphatic carbocycles. The first kappa shape index (κ1) is 14.0. The zero-order chi connectivity index (χ0) is 15.0. The minimum Gasteiger partial charge on any atom is -0.510 e. The van der Waals surface area contributed by atoms with Crippen LogP contribution in [0, 0.1) is 25.7 Å². The molecule has 4 heteroatoms. The predicted molar refractivity (Wildman–Crippen MR) is 80.5 cm³/mol. The first-order valence-corrected chi connectivity index (χ1v) is 7.55. The Morgan fingerprint density at radius 2 is 1.81 bits per heavy atom. The molecule has 0 saturated heterocycles. The fourth-order valence-corrected chi connectivity index (χ4v) is 3.30. The van der Waals surface area contributed by atoms with Crippen LogP contribution in [0.15, 0.2) is 39.9 Å². The Kier molecular flexibility index (Phi) is 3.62. The van der Waals surface area contributed by atoms with Gasteiger partial charge >= 0.3 is 0 Å². The number of nitrogens with zero attached hydrogens (tertiary/aromatic N) is 2. The molecule has 1 fully saturated rings. The standard InChI is InChI=1S/C17H20N2O2/c1-10-6-5-9-14(11(10)2)18-19-15-16(20)12-7-3-4-8-13(12)17(15)21/h5-6,9,12-13,20H,3-4,7-8H2,1-2H3. The summed E-state index contributed by atoms with van der Waals surface area (Å²) < 4.78 is 0. The van der Waals surface area contributed by atoms with E-state index < -0.39 is 0 Å². The SMILES string of the molecule is Cc1cccc(N=NC2=C(O)C3CCCCC3C2=O)c1C. The highest BCUT2D eigenvalue weighted by Gasteiger charge is 2.43. The second-order valence-electron chi connectivity index (χ2n) is 6.01. The van der Waals surface area contributed by atoms with Gasteiger partial charge in [-0.3, -0.25) is 4.79 Å². The summed E-state index contributed by atoms with van der Waals surface area (Å²) >= 11 is 0. The fraction of sp³-hybridized carbons (Fsp3) is 0.471. The lowest BCUT2D eigenvalue weighted by atomic mass is 9.80. The van der Waals surface area contributed by atoms with Crippen molar-refractivity contribution in [2.45, 2.75) is 39.5 Å².